The Bertz CT molecular complexity index is 157. The Morgan fingerprint density at radius 1 is 1.06 bits per heavy atom. The second-order valence-corrected chi connectivity index (χ2v) is 4.30. The molecule has 0 fully saturated rings. The number of carboxylic acid groups (broad SMARTS) is 1. The van der Waals surface area contributed by atoms with E-state index in [1.807, 2.05) is 0 Å². The third-order valence-corrected chi connectivity index (χ3v) is 2.26. The Morgan fingerprint density at radius 2 is 1.47 bits per heavy atom. The van der Waals surface area contributed by atoms with E-state index in [4.69, 9.17) is 15.3 Å². The Morgan fingerprint density at radius 3 is 1.82 bits per heavy atom. The first-order valence-electron chi connectivity index (χ1n) is 6.55. The van der Waals surface area contributed by atoms with Crippen LogP contribution in [-0.4, -0.2) is 34.0 Å². The van der Waals surface area contributed by atoms with Crippen molar-refractivity contribution in [3.8, 4) is 0 Å². The van der Waals surface area contributed by atoms with Gasteiger partial charge in [0.1, 0.15) is 0 Å². The molecular formula is C13H28O4. The number of rotatable bonds is 9. The van der Waals surface area contributed by atoms with E-state index in [2.05, 4.69) is 6.92 Å². The SMILES string of the molecule is CC(O)CO.CCCCCCCCCC(=O)O. The molecule has 0 aromatic rings. The van der Waals surface area contributed by atoms with Gasteiger partial charge in [0.15, 0.2) is 0 Å². The summed E-state index contributed by atoms with van der Waals surface area (Å²) < 4.78 is 0. The molecule has 1 unspecified atom stereocenters. The van der Waals surface area contributed by atoms with Gasteiger partial charge in [-0.2, -0.15) is 0 Å². The molecule has 0 saturated carbocycles. The van der Waals surface area contributed by atoms with Crippen LogP contribution >= 0.6 is 0 Å². The van der Waals surface area contributed by atoms with Crippen molar-refractivity contribution in [2.75, 3.05) is 6.61 Å². The van der Waals surface area contributed by atoms with Crippen LogP contribution in [0.4, 0.5) is 0 Å². The van der Waals surface area contributed by atoms with Gasteiger partial charge in [-0.3, -0.25) is 4.79 Å². The van der Waals surface area contributed by atoms with Crippen molar-refractivity contribution in [3.05, 3.63) is 0 Å². The third-order valence-electron chi connectivity index (χ3n) is 2.26. The summed E-state index contributed by atoms with van der Waals surface area (Å²) in [6.45, 7) is 3.59. The number of hydrogen-bond donors (Lipinski definition) is 3. The van der Waals surface area contributed by atoms with E-state index in [1.54, 1.807) is 0 Å². The lowest BCUT2D eigenvalue weighted by Gasteiger charge is -1.98. The highest BCUT2D eigenvalue weighted by molar-refractivity contribution is 5.66. The Labute approximate surface area is 105 Å². The molecule has 4 heteroatoms. The average Bonchev–Trinajstić information content (AvgIpc) is 2.28. The van der Waals surface area contributed by atoms with E-state index in [-0.39, 0.29) is 6.61 Å². The van der Waals surface area contributed by atoms with Crippen molar-refractivity contribution < 1.29 is 20.1 Å². The van der Waals surface area contributed by atoms with Crippen LogP contribution in [0.5, 0.6) is 0 Å². The molecule has 0 rings (SSSR count). The highest BCUT2D eigenvalue weighted by Crippen LogP contribution is 2.07. The summed E-state index contributed by atoms with van der Waals surface area (Å²) in [5, 5.41) is 24.4. The lowest BCUT2D eigenvalue weighted by atomic mass is 10.1. The number of unbranched alkanes of at least 4 members (excludes halogenated alkanes) is 6. The summed E-state index contributed by atoms with van der Waals surface area (Å²) in [5.74, 6) is -0.663. The zero-order valence-electron chi connectivity index (χ0n) is 11.2. The first-order valence-corrected chi connectivity index (χ1v) is 6.55. The van der Waals surface area contributed by atoms with Crippen molar-refractivity contribution in [2.45, 2.75) is 71.3 Å². The molecule has 4 nitrogen and oxygen atoms in total. The van der Waals surface area contributed by atoms with Crippen LogP contribution in [0.25, 0.3) is 0 Å². The molecule has 0 heterocycles. The van der Waals surface area contributed by atoms with Gasteiger partial charge in [-0.25, -0.2) is 0 Å². The van der Waals surface area contributed by atoms with E-state index in [0.29, 0.717) is 6.42 Å². The van der Waals surface area contributed by atoms with Gasteiger partial charge >= 0.3 is 5.97 Å². The molecule has 0 aliphatic rings. The summed E-state index contributed by atoms with van der Waals surface area (Å²) in [7, 11) is 0. The van der Waals surface area contributed by atoms with Gasteiger partial charge in [-0.15, -0.1) is 0 Å². The zero-order valence-corrected chi connectivity index (χ0v) is 11.2. The fraction of sp³-hybridized carbons (Fsp3) is 0.923. The van der Waals surface area contributed by atoms with Crippen LogP contribution in [0.2, 0.25) is 0 Å². The maximum atomic E-state index is 10.1. The first-order chi connectivity index (χ1) is 8.04. The fourth-order valence-corrected chi connectivity index (χ4v) is 1.23. The summed E-state index contributed by atoms with van der Waals surface area (Å²) in [5.41, 5.74) is 0. The van der Waals surface area contributed by atoms with Crippen LogP contribution in [0.3, 0.4) is 0 Å². The second kappa shape index (κ2) is 15.4. The summed E-state index contributed by atoms with van der Waals surface area (Å²) in [4.78, 5) is 10.1. The van der Waals surface area contributed by atoms with Crippen molar-refractivity contribution in [3.63, 3.8) is 0 Å². The third kappa shape index (κ3) is 25.6. The Balaban J connectivity index is 0. The topological polar surface area (TPSA) is 77.8 Å². The van der Waals surface area contributed by atoms with Crippen molar-refractivity contribution >= 4 is 5.97 Å². The molecule has 3 N–H and O–H groups in total. The van der Waals surface area contributed by atoms with Gasteiger partial charge < -0.3 is 15.3 Å². The minimum atomic E-state index is -0.663. The van der Waals surface area contributed by atoms with Gasteiger partial charge in [0, 0.05) is 6.42 Å². The monoisotopic (exact) mass is 248 g/mol. The summed E-state index contributed by atoms with van der Waals surface area (Å²) >= 11 is 0. The predicted molar refractivity (Wildman–Crippen MR) is 69.0 cm³/mol. The van der Waals surface area contributed by atoms with Crippen molar-refractivity contribution in [1.82, 2.24) is 0 Å². The number of aliphatic hydroxyl groups excluding tert-OH is 2. The van der Waals surface area contributed by atoms with Gasteiger partial charge in [0.25, 0.3) is 0 Å². The fourth-order valence-electron chi connectivity index (χ4n) is 1.23. The standard InChI is InChI=1S/C10H20O2.C3H8O2/c1-2-3-4-5-6-7-8-9-10(11)12;1-3(5)2-4/h2-9H2,1H3,(H,11,12);3-5H,2H2,1H3. The molecule has 0 spiro atoms. The van der Waals surface area contributed by atoms with Crippen LogP contribution < -0.4 is 0 Å². The van der Waals surface area contributed by atoms with Crippen LogP contribution in [-0.2, 0) is 4.79 Å². The van der Waals surface area contributed by atoms with E-state index in [0.717, 1.165) is 12.8 Å². The molecule has 0 amide bonds. The molecule has 1 atom stereocenters. The van der Waals surface area contributed by atoms with E-state index in [9.17, 15) is 4.79 Å². The van der Waals surface area contributed by atoms with E-state index < -0.39 is 12.1 Å². The van der Waals surface area contributed by atoms with Crippen molar-refractivity contribution in [2.24, 2.45) is 0 Å². The summed E-state index contributed by atoms with van der Waals surface area (Å²) in [6, 6.07) is 0. The van der Waals surface area contributed by atoms with Crippen LogP contribution in [0, 0.1) is 0 Å². The van der Waals surface area contributed by atoms with E-state index >= 15 is 0 Å². The molecule has 0 radical (unpaired) electrons. The summed E-state index contributed by atoms with van der Waals surface area (Å²) in [6.07, 6.45) is 8.08. The highest BCUT2D eigenvalue weighted by atomic mass is 16.4. The van der Waals surface area contributed by atoms with Gasteiger partial charge in [-0.05, 0) is 13.3 Å². The average molecular weight is 248 g/mol. The lowest BCUT2D eigenvalue weighted by molar-refractivity contribution is -0.137. The number of aliphatic hydroxyl groups is 2. The molecule has 0 aliphatic carbocycles. The zero-order chi connectivity index (χ0) is 13.5. The number of hydrogen-bond acceptors (Lipinski definition) is 3. The largest absolute Gasteiger partial charge is 0.481 e. The smallest absolute Gasteiger partial charge is 0.303 e. The minimum absolute atomic E-state index is 0.139. The van der Waals surface area contributed by atoms with Gasteiger partial charge in [-0.1, -0.05) is 45.4 Å². The predicted octanol–water partition coefficient (Wildman–Crippen LogP) is 2.57. The Kier molecular flexibility index (Phi) is 17.0. The maximum absolute atomic E-state index is 10.1. The molecule has 0 saturated heterocycles. The second-order valence-electron chi connectivity index (χ2n) is 4.30. The Hall–Kier alpha value is -0.610. The number of carbonyl (C=O) groups is 1. The maximum Gasteiger partial charge on any atom is 0.303 e. The molecule has 104 valence electrons. The first kappa shape index (κ1) is 18.7. The number of aliphatic carboxylic acids is 1. The van der Waals surface area contributed by atoms with Crippen LogP contribution in [0.1, 0.15) is 65.2 Å². The van der Waals surface area contributed by atoms with Gasteiger partial charge in [0.2, 0.25) is 0 Å². The molecule has 17 heavy (non-hydrogen) atoms. The normalized spacial score (nSPS) is 11.5. The molecule has 0 aromatic carbocycles. The lowest BCUT2D eigenvalue weighted by Crippen LogP contribution is -2.03. The molecular weight excluding hydrogens is 220 g/mol. The van der Waals surface area contributed by atoms with E-state index in [1.165, 1.54) is 39.0 Å². The van der Waals surface area contributed by atoms with Gasteiger partial charge in [0.05, 0.1) is 12.7 Å². The van der Waals surface area contributed by atoms with Crippen LogP contribution in [0.15, 0.2) is 0 Å². The minimum Gasteiger partial charge on any atom is -0.481 e. The number of carboxylic acids is 1. The van der Waals surface area contributed by atoms with Crippen molar-refractivity contribution in [1.29, 1.82) is 0 Å². The highest BCUT2D eigenvalue weighted by Gasteiger charge is 1.95. The molecule has 0 aromatic heterocycles. The molecule has 0 bridgehead atoms. The molecule has 0 aliphatic heterocycles. The quantitative estimate of drug-likeness (QED) is 0.548.